The lowest BCUT2D eigenvalue weighted by Gasteiger charge is -2.30. The Labute approximate surface area is 206 Å². The molecular weight excluding hydrogens is 484 g/mol. The molecule has 1 fully saturated rings. The standard InChI is InChI=1S/C24H24N6O5S/c31-24-21-23(30(28-27-21)15-16-6-7-19-20(14-16)35-13-12-34-19)25-22(26-24)17-8-10-29(11-9-17)36(32,33)18-4-2-1-3-5-18/h1-7,14,17H,8-13,15H2,(H,25,26,31). The van der Waals surface area contributed by atoms with Gasteiger partial charge in [-0.1, -0.05) is 29.5 Å². The van der Waals surface area contributed by atoms with Crippen molar-refractivity contribution in [3.8, 4) is 11.5 Å². The molecule has 0 spiro atoms. The van der Waals surface area contributed by atoms with Gasteiger partial charge in [-0.3, -0.25) is 4.79 Å². The number of nitrogens with one attached hydrogen (secondary N) is 1. The number of sulfonamides is 1. The van der Waals surface area contributed by atoms with E-state index in [2.05, 4.69) is 15.3 Å². The van der Waals surface area contributed by atoms with Crippen molar-refractivity contribution in [3.63, 3.8) is 0 Å². The molecule has 1 N–H and O–H groups in total. The zero-order valence-electron chi connectivity index (χ0n) is 19.3. The number of H-pyrrole nitrogens is 1. The Hall–Kier alpha value is -3.77. The van der Waals surface area contributed by atoms with E-state index < -0.39 is 10.0 Å². The molecule has 2 aliphatic rings. The fourth-order valence-electron chi connectivity index (χ4n) is 4.65. The second-order valence-electron chi connectivity index (χ2n) is 8.84. The van der Waals surface area contributed by atoms with Crippen LogP contribution in [0.4, 0.5) is 0 Å². The lowest BCUT2D eigenvalue weighted by molar-refractivity contribution is 0.171. The summed E-state index contributed by atoms with van der Waals surface area (Å²) in [5.41, 5.74) is 1.11. The highest BCUT2D eigenvalue weighted by molar-refractivity contribution is 7.89. The van der Waals surface area contributed by atoms with Crippen LogP contribution in [0.1, 0.15) is 30.1 Å². The molecule has 1 saturated heterocycles. The number of piperidine rings is 1. The third-order valence-electron chi connectivity index (χ3n) is 6.55. The van der Waals surface area contributed by atoms with Crippen molar-refractivity contribution in [2.45, 2.75) is 30.2 Å². The molecule has 6 rings (SSSR count). The molecule has 0 saturated carbocycles. The summed E-state index contributed by atoms with van der Waals surface area (Å²) in [6, 6.07) is 14.1. The molecule has 0 unspecified atom stereocenters. The van der Waals surface area contributed by atoms with Crippen LogP contribution < -0.4 is 15.0 Å². The minimum absolute atomic E-state index is 0.0815. The average molecular weight is 509 g/mol. The maximum atomic E-state index is 12.9. The fraction of sp³-hybridized carbons (Fsp3) is 0.333. The van der Waals surface area contributed by atoms with Gasteiger partial charge in [0.05, 0.1) is 11.4 Å². The van der Waals surface area contributed by atoms with Crippen molar-refractivity contribution in [1.29, 1.82) is 0 Å². The summed E-state index contributed by atoms with van der Waals surface area (Å²) in [6.07, 6.45) is 1.09. The van der Waals surface area contributed by atoms with E-state index in [1.54, 1.807) is 35.0 Å². The Morgan fingerprint density at radius 2 is 1.75 bits per heavy atom. The highest BCUT2D eigenvalue weighted by atomic mass is 32.2. The van der Waals surface area contributed by atoms with Crippen LogP contribution in [0.3, 0.4) is 0 Å². The molecule has 0 amide bonds. The average Bonchev–Trinajstić information content (AvgIpc) is 3.32. The molecule has 36 heavy (non-hydrogen) atoms. The Bertz CT molecular complexity index is 1580. The molecule has 186 valence electrons. The van der Waals surface area contributed by atoms with E-state index in [-0.39, 0.29) is 21.9 Å². The van der Waals surface area contributed by atoms with Crippen LogP contribution in [-0.2, 0) is 16.6 Å². The van der Waals surface area contributed by atoms with Gasteiger partial charge in [-0.2, -0.15) is 4.31 Å². The summed E-state index contributed by atoms with van der Waals surface area (Å²) in [4.78, 5) is 20.6. The zero-order chi connectivity index (χ0) is 24.7. The van der Waals surface area contributed by atoms with Crippen LogP contribution in [0.2, 0.25) is 0 Å². The fourth-order valence-corrected chi connectivity index (χ4v) is 6.14. The van der Waals surface area contributed by atoms with Gasteiger partial charge in [0.2, 0.25) is 10.0 Å². The third kappa shape index (κ3) is 4.11. The van der Waals surface area contributed by atoms with Crippen LogP contribution in [0.15, 0.2) is 58.2 Å². The lowest BCUT2D eigenvalue weighted by Crippen LogP contribution is -2.38. The predicted molar refractivity (Wildman–Crippen MR) is 130 cm³/mol. The lowest BCUT2D eigenvalue weighted by atomic mass is 9.97. The van der Waals surface area contributed by atoms with E-state index in [1.807, 2.05) is 18.2 Å². The van der Waals surface area contributed by atoms with Crippen LogP contribution in [-0.4, -0.2) is 64.0 Å². The SMILES string of the molecule is O=c1[nH]c(C2CCN(S(=O)(=O)c3ccccc3)CC2)nc2c1nnn2Cc1ccc2c(c1)OCCO2. The highest BCUT2D eigenvalue weighted by Gasteiger charge is 2.31. The number of benzene rings is 2. The van der Waals surface area contributed by atoms with Crippen molar-refractivity contribution in [3.05, 3.63) is 70.3 Å². The molecule has 0 bridgehead atoms. The quantitative estimate of drug-likeness (QED) is 0.432. The van der Waals surface area contributed by atoms with Gasteiger partial charge in [0, 0.05) is 19.0 Å². The second kappa shape index (κ2) is 9.03. The molecule has 12 heteroatoms. The maximum absolute atomic E-state index is 12.9. The molecule has 0 atom stereocenters. The number of nitrogens with zero attached hydrogens (tertiary/aromatic N) is 5. The number of aromatic nitrogens is 5. The van der Waals surface area contributed by atoms with Gasteiger partial charge >= 0.3 is 0 Å². The Morgan fingerprint density at radius 3 is 2.53 bits per heavy atom. The van der Waals surface area contributed by atoms with Gasteiger partial charge in [-0.15, -0.1) is 5.10 Å². The van der Waals surface area contributed by atoms with E-state index in [4.69, 9.17) is 14.5 Å². The van der Waals surface area contributed by atoms with Crippen LogP contribution in [0, 0.1) is 0 Å². The largest absolute Gasteiger partial charge is 0.486 e. The van der Waals surface area contributed by atoms with Gasteiger partial charge in [0.15, 0.2) is 22.7 Å². The summed E-state index contributed by atoms with van der Waals surface area (Å²) in [5.74, 6) is 1.81. The summed E-state index contributed by atoms with van der Waals surface area (Å²) < 4.78 is 40.2. The number of rotatable bonds is 5. The minimum atomic E-state index is -3.55. The number of hydrogen-bond acceptors (Lipinski definition) is 8. The normalized spacial score (nSPS) is 16.9. The molecule has 11 nitrogen and oxygen atoms in total. The van der Waals surface area contributed by atoms with Crippen molar-refractivity contribution >= 4 is 21.2 Å². The van der Waals surface area contributed by atoms with Crippen LogP contribution in [0.25, 0.3) is 11.2 Å². The zero-order valence-corrected chi connectivity index (χ0v) is 20.1. The van der Waals surface area contributed by atoms with Crippen LogP contribution >= 0.6 is 0 Å². The minimum Gasteiger partial charge on any atom is -0.486 e. The molecule has 4 aromatic rings. The molecular formula is C24H24N6O5S. The number of ether oxygens (including phenoxy) is 2. The first-order chi connectivity index (χ1) is 17.5. The summed E-state index contributed by atoms with van der Waals surface area (Å²) in [5, 5.41) is 8.18. The van der Waals surface area contributed by atoms with Crippen molar-refractivity contribution < 1.29 is 17.9 Å². The first-order valence-electron chi connectivity index (χ1n) is 11.8. The summed E-state index contributed by atoms with van der Waals surface area (Å²) in [6.45, 7) is 2.06. The Morgan fingerprint density at radius 1 is 1.00 bits per heavy atom. The molecule has 0 aliphatic carbocycles. The van der Waals surface area contributed by atoms with Gasteiger partial charge in [0.25, 0.3) is 5.56 Å². The molecule has 2 aliphatic heterocycles. The third-order valence-corrected chi connectivity index (χ3v) is 8.47. The molecule has 4 heterocycles. The highest BCUT2D eigenvalue weighted by Crippen LogP contribution is 2.32. The smallest absolute Gasteiger partial charge is 0.281 e. The first-order valence-corrected chi connectivity index (χ1v) is 13.2. The topological polar surface area (TPSA) is 132 Å². The maximum Gasteiger partial charge on any atom is 0.281 e. The second-order valence-corrected chi connectivity index (χ2v) is 10.8. The molecule has 2 aromatic carbocycles. The van der Waals surface area contributed by atoms with Crippen molar-refractivity contribution in [2.75, 3.05) is 26.3 Å². The van der Waals surface area contributed by atoms with Crippen molar-refractivity contribution in [1.82, 2.24) is 29.3 Å². The van der Waals surface area contributed by atoms with Gasteiger partial charge in [-0.05, 0) is 42.7 Å². The van der Waals surface area contributed by atoms with E-state index in [0.29, 0.717) is 68.7 Å². The summed E-state index contributed by atoms with van der Waals surface area (Å²) in [7, 11) is -3.55. The van der Waals surface area contributed by atoms with Gasteiger partial charge < -0.3 is 14.5 Å². The van der Waals surface area contributed by atoms with E-state index >= 15 is 0 Å². The summed E-state index contributed by atoms with van der Waals surface area (Å²) >= 11 is 0. The van der Waals surface area contributed by atoms with E-state index in [0.717, 1.165) is 5.56 Å². The Balaban J connectivity index is 1.23. The number of hydrogen-bond donors (Lipinski definition) is 1. The molecule has 2 aromatic heterocycles. The number of aromatic amines is 1. The number of fused-ring (bicyclic) bond motifs is 2. The Kier molecular flexibility index (Phi) is 5.69. The molecule has 0 radical (unpaired) electrons. The van der Waals surface area contributed by atoms with Gasteiger partial charge in [0.1, 0.15) is 19.0 Å². The van der Waals surface area contributed by atoms with Crippen molar-refractivity contribution in [2.24, 2.45) is 0 Å². The van der Waals surface area contributed by atoms with Crippen LogP contribution in [0.5, 0.6) is 11.5 Å². The van der Waals surface area contributed by atoms with E-state index in [9.17, 15) is 13.2 Å². The monoisotopic (exact) mass is 508 g/mol. The van der Waals surface area contributed by atoms with E-state index in [1.165, 1.54) is 4.31 Å². The predicted octanol–water partition coefficient (Wildman–Crippen LogP) is 1.90. The first kappa shape index (κ1) is 22.7. The van der Waals surface area contributed by atoms with Gasteiger partial charge in [-0.25, -0.2) is 18.1 Å².